The van der Waals surface area contributed by atoms with E-state index in [1.54, 1.807) is 6.92 Å². The largest absolute Gasteiger partial charge is 0.480 e. The number of carbonyl (C=O) groups is 2. The van der Waals surface area contributed by atoms with Crippen molar-refractivity contribution >= 4 is 11.9 Å². The van der Waals surface area contributed by atoms with Gasteiger partial charge in [0.25, 0.3) is 0 Å². The van der Waals surface area contributed by atoms with Crippen molar-refractivity contribution in [3.05, 3.63) is 0 Å². The molecular formula is C9H16N2O4. The first kappa shape index (κ1) is 11.9. The van der Waals surface area contributed by atoms with E-state index < -0.39 is 11.9 Å². The molecule has 1 amide bonds. The first-order valence-electron chi connectivity index (χ1n) is 4.90. The van der Waals surface area contributed by atoms with Crippen molar-refractivity contribution in [3.8, 4) is 0 Å². The highest BCUT2D eigenvalue weighted by Crippen LogP contribution is 2.14. The Balaban J connectivity index is 2.59. The lowest BCUT2D eigenvalue weighted by molar-refractivity contribution is -0.146. The molecule has 1 aliphatic heterocycles. The van der Waals surface area contributed by atoms with E-state index in [9.17, 15) is 9.59 Å². The molecule has 1 heterocycles. The molecule has 1 rings (SSSR count). The Morgan fingerprint density at radius 3 is 2.60 bits per heavy atom. The monoisotopic (exact) mass is 216 g/mol. The third kappa shape index (κ3) is 2.90. The summed E-state index contributed by atoms with van der Waals surface area (Å²) in [6.45, 7) is 2.48. The number of carbonyl (C=O) groups excluding carboxylic acids is 1. The number of hydrogen-bond donors (Lipinski definition) is 2. The zero-order valence-corrected chi connectivity index (χ0v) is 8.68. The number of hydrogen-bond acceptors (Lipinski definition) is 4. The van der Waals surface area contributed by atoms with Crippen molar-refractivity contribution in [2.24, 2.45) is 11.7 Å². The second-order valence-electron chi connectivity index (χ2n) is 3.55. The van der Waals surface area contributed by atoms with Gasteiger partial charge in [-0.15, -0.1) is 0 Å². The second-order valence-corrected chi connectivity index (χ2v) is 3.55. The van der Waals surface area contributed by atoms with Crippen LogP contribution < -0.4 is 5.73 Å². The van der Waals surface area contributed by atoms with Gasteiger partial charge in [0.1, 0.15) is 6.54 Å². The van der Waals surface area contributed by atoms with Gasteiger partial charge in [0, 0.05) is 12.6 Å². The van der Waals surface area contributed by atoms with Crippen LogP contribution in [0.15, 0.2) is 0 Å². The predicted octanol–water partition coefficient (Wildman–Crippen LogP) is -1.11. The summed E-state index contributed by atoms with van der Waals surface area (Å²) in [4.78, 5) is 23.6. The van der Waals surface area contributed by atoms with E-state index in [-0.39, 0.29) is 25.1 Å². The van der Waals surface area contributed by atoms with Crippen LogP contribution in [0.4, 0.5) is 0 Å². The lowest BCUT2D eigenvalue weighted by Crippen LogP contribution is -2.45. The van der Waals surface area contributed by atoms with Gasteiger partial charge in [-0.3, -0.25) is 9.59 Å². The molecule has 1 aliphatic rings. The molecule has 0 aromatic heterocycles. The van der Waals surface area contributed by atoms with Crippen LogP contribution in [0.2, 0.25) is 0 Å². The molecule has 1 saturated heterocycles. The average Bonchev–Trinajstić information content (AvgIpc) is 2.59. The van der Waals surface area contributed by atoms with Gasteiger partial charge in [0.15, 0.2) is 0 Å². The van der Waals surface area contributed by atoms with Gasteiger partial charge < -0.3 is 20.5 Å². The van der Waals surface area contributed by atoms with Crippen LogP contribution in [0, 0.1) is 5.92 Å². The normalized spacial score (nSPS) is 25.2. The predicted molar refractivity (Wildman–Crippen MR) is 52.2 cm³/mol. The first-order valence-corrected chi connectivity index (χ1v) is 4.90. The first-order chi connectivity index (χ1) is 7.06. The molecule has 1 fully saturated rings. The van der Waals surface area contributed by atoms with Gasteiger partial charge in [-0.25, -0.2) is 0 Å². The Labute approximate surface area is 88.0 Å². The van der Waals surface area contributed by atoms with Crippen molar-refractivity contribution in [1.29, 1.82) is 0 Å². The summed E-state index contributed by atoms with van der Waals surface area (Å²) < 4.78 is 5.07. The van der Waals surface area contributed by atoms with Crippen molar-refractivity contribution in [2.45, 2.75) is 13.0 Å². The van der Waals surface area contributed by atoms with Crippen LogP contribution in [-0.2, 0) is 14.3 Å². The van der Waals surface area contributed by atoms with Crippen LogP contribution in [0.3, 0.4) is 0 Å². The average molecular weight is 216 g/mol. The molecule has 2 unspecified atom stereocenters. The summed E-state index contributed by atoms with van der Waals surface area (Å²) >= 11 is 0. The van der Waals surface area contributed by atoms with Gasteiger partial charge in [0.05, 0.1) is 19.1 Å². The minimum atomic E-state index is -1.02. The molecule has 2 atom stereocenters. The molecule has 0 radical (unpaired) electrons. The number of likely N-dealkylation sites (N-methyl/N-ethyl adjacent to an activating group) is 1. The Hall–Kier alpha value is -1.14. The van der Waals surface area contributed by atoms with Crippen molar-refractivity contribution in [1.82, 2.24) is 4.90 Å². The fourth-order valence-electron chi connectivity index (χ4n) is 1.57. The summed E-state index contributed by atoms with van der Waals surface area (Å²) in [6.07, 6.45) is 0. The zero-order valence-electron chi connectivity index (χ0n) is 8.68. The second kappa shape index (κ2) is 5.09. The number of nitrogens with zero attached hydrogens (tertiary/aromatic N) is 1. The van der Waals surface area contributed by atoms with E-state index in [1.165, 1.54) is 4.90 Å². The van der Waals surface area contributed by atoms with Gasteiger partial charge in [-0.05, 0) is 6.92 Å². The number of ether oxygens (including phenoxy) is 1. The molecular weight excluding hydrogens is 200 g/mol. The van der Waals surface area contributed by atoms with Crippen molar-refractivity contribution in [3.63, 3.8) is 0 Å². The Bertz CT molecular complexity index is 256. The standard InChI is InChI=1S/C9H16N2O4/c1-2-11(3-8(12)13)9(14)6-4-15-5-7(6)10/h6-7H,2-5,10H2,1H3,(H,12,13). The van der Waals surface area contributed by atoms with Crippen LogP contribution in [0.5, 0.6) is 0 Å². The highest BCUT2D eigenvalue weighted by Gasteiger charge is 2.34. The minimum Gasteiger partial charge on any atom is -0.480 e. The third-order valence-electron chi connectivity index (χ3n) is 2.46. The van der Waals surface area contributed by atoms with E-state index in [4.69, 9.17) is 15.6 Å². The van der Waals surface area contributed by atoms with Crippen LogP contribution >= 0.6 is 0 Å². The van der Waals surface area contributed by atoms with Crippen molar-refractivity contribution < 1.29 is 19.4 Å². The third-order valence-corrected chi connectivity index (χ3v) is 2.46. The van der Waals surface area contributed by atoms with E-state index in [1.807, 2.05) is 0 Å². The molecule has 6 heteroatoms. The fraction of sp³-hybridized carbons (Fsp3) is 0.778. The maximum atomic E-state index is 11.8. The topological polar surface area (TPSA) is 92.9 Å². The fourth-order valence-corrected chi connectivity index (χ4v) is 1.57. The Kier molecular flexibility index (Phi) is 4.05. The summed E-state index contributed by atoms with van der Waals surface area (Å²) in [5.41, 5.74) is 5.68. The maximum absolute atomic E-state index is 11.8. The Morgan fingerprint density at radius 2 is 2.20 bits per heavy atom. The molecule has 0 aromatic carbocycles. The number of aliphatic carboxylic acids is 1. The lowest BCUT2D eigenvalue weighted by Gasteiger charge is -2.23. The van der Waals surface area contributed by atoms with Gasteiger partial charge in [-0.1, -0.05) is 0 Å². The molecule has 0 spiro atoms. The van der Waals surface area contributed by atoms with E-state index >= 15 is 0 Å². The van der Waals surface area contributed by atoms with E-state index in [2.05, 4.69) is 0 Å². The number of amides is 1. The molecule has 0 aliphatic carbocycles. The summed E-state index contributed by atoms with van der Waals surface area (Å²) in [5, 5.41) is 8.62. The summed E-state index contributed by atoms with van der Waals surface area (Å²) in [5.74, 6) is -1.65. The SMILES string of the molecule is CCN(CC(=O)O)C(=O)C1COCC1N. The van der Waals surface area contributed by atoms with Gasteiger partial charge in [0.2, 0.25) is 5.91 Å². The summed E-state index contributed by atoms with van der Waals surface area (Å²) in [7, 11) is 0. The van der Waals surface area contributed by atoms with E-state index in [0.29, 0.717) is 13.2 Å². The smallest absolute Gasteiger partial charge is 0.323 e. The van der Waals surface area contributed by atoms with Gasteiger partial charge in [-0.2, -0.15) is 0 Å². The number of rotatable bonds is 4. The van der Waals surface area contributed by atoms with Crippen molar-refractivity contribution in [2.75, 3.05) is 26.3 Å². The van der Waals surface area contributed by atoms with Crippen LogP contribution in [0.25, 0.3) is 0 Å². The summed E-state index contributed by atoms with van der Waals surface area (Å²) in [6, 6.07) is -0.319. The maximum Gasteiger partial charge on any atom is 0.323 e. The number of carboxylic acids is 1. The molecule has 15 heavy (non-hydrogen) atoms. The van der Waals surface area contributed by atoms with Crippen LogP contribution in [-0.4, -0.2) is 54.2 Å². The number of nitrogens with two attached hydrogens (primary N) is 1. The van der Waals surface area contributed by atoms with Crippen LogP contribution in [0.1, 0.15) is 6.92 Å². The molecule has 86 valence electrons. The quantitative estimate of drug-likeness (QED) is 0.621. The molecule has 3 N–H and O–H groups in total. The highest BCUT2D eigenvalue weighted by atomic mass is 16.5. The lowest BCUT2D eigenvalue weighted by atomic mass is 10.0. The van der Waals surface area contributed by atoms with Gasteiger partial charge >= 0.3 is 5.97 Å². The van der Waals surface area contributed by atoms with E-state index in [0.717, 1.165) is 0 Å². The highest BCUT2D eigenvalue weighted by molar-refractivity contribution is 5.83. The molecule has 6 nitrogen and oxygen atoms in total. The molecule has 0 saturated carbocycles. The zero-order chi connectivity index (χ0) is 11.4. The Morgan fingerprint density at radius 1 is 1.53 bits per heavy atom. The molecule has 0 aromatic rings. The molecule has 0 bridgehead atoms. The minimum absolute atomic E-state index is 0.232. The number of carboxylic acid groups (broad SMARTS) is 1.